The summed E-state index contributed by atoms with van der Waals surface area (Å²) in [7, 11) is 1.34. The summed E-state index contributed by atoms with van der Waals surface area (Å²) in [6, 6.07) is 10.2. The van der Waals surface area contributed by atoms with Gasteiger partial charge >= 0.3 is 6.09 Å². The molecule has 0 bridgehead atoms. The number of aromatic nitrogens is 2. The molecular weight excluding hydrogens is 416 g/mol. The lowest BCUT2D eigenvalue weighted by atomic mass is 9.82. The zero-order valence-corrected chi connectivity index (χ0v) is 18.4. The van der Waals surface area contributed by atoms with Crippen LogP contribution in [-0.2, 0) is 9.47 Å². The molecule has 1 saturated carbocycles. The molecule has 1 aromatic carbocycles. The van der Waals surface area contributed by atoms with Crippen LogP contribution in [0.15, 0.2) is 36.5 Å². The van der Waals surface area contributed by atoms with Crippen molar-refractivity contribution in [2.24, 2.45) is 0 Å². The minimum atomic E-state index is -2.62. The number of amides is 1. The van der Waals surface area contributed by atoms with Gasteiger partial charge in [-0.25, -0.2) is 13.6 Å². The van der Waals surface area contributed by atoms with Crippen molar-refractivity contribution in [1.82, 2.24) is 15.1 Å². The largest absolute Gasteiger partial charge is 0.453 e. The second-order valence-corrected chi connectivity index (χ2v) is 8.74. The quantitative estimate of drug-likeness (QED) is 0.643. The number of alkyl halides is 2. The summed E-state index contributed by atoms with van der Waals surface area (Å²) in [5.41, 5.74) is 1.67. The van der Waals surface area contributed by atoms with E-state index in [9.17, 15) is 13.6 Å². The maximum atomic E-state index is 13.5. The van der Waals surface area contributed by atoms with Crippen molar-refractivity contribution >= 4 is 6.09 Å². The topological polar surface area (TPSA) is 67.5 Å². The summed E-state index contributed by atoms with van der Waals surface area (Å²) in [4.78, 5) is 14.1. The third-order valence-electron chi connectivity index (χ3n) is 6.94. The van der Waals surface area contributed by atoms with Crippen LogP contribution in [-0.4, -0.2) is 53.6 Å². The maximum absolute atomic E-state index is 13.5. The van der Waals surface area contributed by atoms with Crippen molar-refractivity contribution in [3.05, 3.63) is 53.3 Å². The van der Waals surface area contributed by atoms with Crippen molar-refractivity contribution in [3.63, 3.8) is 0 Å². The molecule has 2 aromatic rings. The molecule has 1 saturated heterocycles. The Morgan fingerprint density at radius 3 is 2.62 bits per heavy atom. The molecular formula is C24H31F2N3O3. The van der Waals surface area contributed by atoms with Gasteiger partial charge in [-0.15, -0.1) is 0 Å². The standard InChI is InChI=1S/C24H31F2N3O3/c1-31-24(30)29-13-5-8-19(22-20(23(25)26)14-27-28-22)21(29)15-32-18-11-9-17(10-12-18)16-6-3-2-4-7-16/h2-4,6-7,14,17-19,21,23H,5,8-13,15H2,1H3,(H,27,28). The van der Waals surface area contributed by atoms with Gasteiger partial charge in [-0.2, -0.15) is 5.10 Å². The van der Waals surface area contributed by atoms with E-state index in [0.29, 0.717) is 37.6 Å². The van der Waals surface area contributed by atoms with Gasteiger partial charge in [0, 0.05) is 18.2 Å². The number of piperidine rings is 1. The van der Waals surface area contributed by atoms with E-state index in [1.54, 1.807) is 4.90 Å². The van der Waals surface area contributed by atoms with Gasteiger partial charge in [-0.1, -0.05) is 30.3 Å². The maximum Gasteiger partial charge on any atom is 0.409 e. The van der Waals surface area contributed by atoms with Crippen LogP contribution in [0.3, 0.4) is 0 Å². The Morgan fingerprint density at radius 1 is 1.19 bits per heavy atom. The average molecular weight is 448 g/mol. The van der Waals surface area contributed by atoms with E-state index in [-0.39, 0.29) is 23.6 Å². The lowest BCUT2D eigenvalue weighted by Gasteiger charge is -2.41. The van der Waals surface area contributed by atoms with E-state index < -0.39 is 12.5 Å². The molecule has 32 heavy (non-hydrogen) atoms. The summed E-state index contributed by atoms with van der Waals surface area (Å²) < 4.78 is 38.3. The second-order valence-electron chi connectivity index (χ2n) is 8.74. The molecule has 2 unspecified atom stereocenters. The summed E-state index contributed by atoms with van der Waals surface area (Å²) in [6.07, 6.45) is 3.61. The first-order chi connectivity index (χ1) is 15.6. The van der Waals surface area contributed by atoms with Crippen LogP contribution in [0.2, 0.25) is 0 Å². The number of methoxy groups -OCH3 is 1. The van der Waals surface area contributed by atoms with Gasteiger partial charge in [-0.05, 0) is 50.0 Å². The number of nitrogens with zero attached hydrogens (tertiary/aromatic N) is 2. The number of carbonyl (C=O) groups excluding carboxylic acids is 1. The molecule has 1 aliphatic heterocycles. The van der Waals surface area contributed by atoms with Crippen LogP contribution < -0.4 is 0 Å². The highest BCUT2D eigenvalue weighted by molar-refractivity contribution is 5.68. The van der Waals surface area contributed by atoms with E-state index in [1.807, 2.05) is 6.07 Å². The normalized spacial score (nSPS) is 26.3. The van der Waals surface area contributed by atoms with Crippen molar-refractivity contribution in [1.29, 1.82) is 0 Å². The van der Waals surface area contributed by atoms with Gasteiger partial charge in [0.15, 0.2) is 0 Å². The molecule has 0 radical (unpaired) electrons. The fourth-order valence-electron chi connectivity index (χ4n) is 5.24. The van der Waals surface area contributed by atoms with Gasteiger partial charge in [0.2, 0.25) is 0 Å². The van der Waals surface area contributed by atoms with E-state index in [2.05, 4.69) is 34.5 Å². The van der Waals surface area contributed by atoms with Crippen molar-refractivity contribution in [2.45, 2.75) is 68.9 Å². The number of aromatic amines is 1. The Labute approximate surface area is 187 Å². The lowest BCUT2D eigenvalue weighted by Crippen LogP contribution is -2.50. The van der Waals surface area contributed by atoms with Crippen LogP contribution in [0.1, 0.15) is 73.6 Å². The number of likely N-dealkylation sites (tertiary alicyclic amines) is 1. The Morgan fingerprint density at radius 2 is 1.94 bits per heavy atom. The fraction of sp³-hybridized carbons (Fsp3) is 0.583. The van der Waals surface area contributed by atoms with Gasteiger partial charge in [0.25, 0.3) is 6.43 Å². The Balaban J connectivity index is 1.43. The number of H-pyrrole nitrogens is 1. The van der Waals surface area contributed by atoms with Crippen molar-refractivity contribution in [2.75, 3.05) is 20.3 Å². The van der Waals surface area contributed by atoms with Crippen LogP contribution in [0.5, 0.6) is 0 Å². The SMILES string of the molecule is COC(=O)N1CCCC(c2[nH]ncc2C(F)F)C1COC1CCC(c2ccccc2)CC1. The first-order valence-electron chi connectivity index (χ1n) is 11.4. The lowest BCUT2D eigenvalue weighted by molar-refractivity contribution is -0.0245. The molecule has 2 heterocycles. The number of carbonyl (C=O) groups is 1. The van der Waals surface area contributed by atoms with Crippen LogP contribution in [0, 0.1) is 0 Å². The first kappa shape index (κ1) is 22.7. The molecule has 1 N–H and O–H groups in total. The number of nitrogens with one attached hydrogen (secondary N) is 1. The Bertz CT molecular complexity index is 868. The minimum Gasteiger partial charge on any atom is -0.453 e. The van der Waals surface area contributed by atoms with Gasteiger partial charge in [0.05, 0.1) is 37.6 Å². The molecule has 0 spiro atoms. The summed E-state index contributed by atoms with van der Waals surface area (Å²) in [6.45, 7) is 0.818. The first-order valence-corrected chi connectivity index (χ1v) is 11.4. The number of ether oxygens (including phenoxy) is 2. The zero-order valence-electron chi connectivity index (χ0n) is 18.4. The molecule has 174 valence electrons. The molecule has 2 aliphatic rings. The molecule has 4 rings (SSSR count). The molecule has 1 aliphatic carbocycles. The number of halogens is 2. The van der Waals surface area contributed by atoms with Crippen molar-refractivity contribution in [3.8, 4) is 0 Å². The summed E-state index contributed by atoms with van der Waals surface area (Å²) >= 11 is 0. The molecule has 1 amide bonds. The predicted molar refractivity (Wildman–Crippen MR) is 116 cm³/mol. The number of hydrogen-bond donors (Lipinski definition) is 1. The Hall–Kier alpha value is -2.48. The van der Waals surface area contributed by atoms with E-state index in [0.717, 1.165) is 25.7 Å². The third kappa shape index (κ3) is 4.95. The van der Waals surface area contributed by atoms with Gasteiger partial charge in [0.1, 0.15) is 0 Å². The highest BCUT2D eigenvalue weighted by Crippen LogP contribution is 2.38. The summed E-state index contributed by atoms with van der Waals surface area (Å²) in [5, 5.41) is 6.61. The average Bonchev–Trinajstić information content (AvgIpc) is 3.33. The van der Waals surface area contributed by atoms with Crippen LogP contribution in [0.4, 0.5) is 13.6 Å². The fourth-order valence-corrected chi connectivity index (χ4v) is 5.24. The van der Waals surface area contributed by atoms with E-state index in [1.165, 1.54) is 18.9 Å². The van der Waals surface area contributed by atoms with Gasteiger partial charge in [-0.3, -0.25) is 5.10 Å². The van der Waals surface area contributed by atoms with Crippen molar-refractivity contribution < 1.29 is 23.0 Å². The van der Waals surface area contributed by atoms with E-state index in [4.69, 9.17) is 9.47 Å². The number of rotatable bonds is 6. The molecule has 2 fully saturated rings. The predicted octanol–water partition coefficient (Wildman–Crippen LogP) is 5.40. The zero-order chi connectivity index (χ0) is 22.5. The number of hydrogen-bond acceptors (Lipinski definition) is 4. The molecule has 8 heteroatoms. The van der Waals surface area contributed by atoms with E-state index >= 15 is 0 Å². The highest BCUT2D eigenvalue weighted by atomic mass is 19.3. The number of benzene rings is 1. The molecule has 2 atom stereocenters. The van der Waals surface area contributed by atoms with Crippen LogP contribution in [0.25, 0.3) is 0 Å². The monoisotopic (exact) mass is 447 g/mol. The molecule has 6 nitrogen and oxygen atoms in total. The van der Waals surface area contributed by atoms with Gasteiger partial charge < -0.3 is 14.4 Å². The summed E-state index contributed by atoms with van der Waals surface area (Å²) in [5.74, 6) is 0.249. The third-order valence-corrected chi connectivity index (χ3v) is 6.94. The Kier molecular flexibility index (Phi) is 7.40. The van der Waals surface area contributed by atoms with Crippen LogP contribution >= 0.6 is 0 Å². The molecule has 1 aromatic heterocycles. The highest BCUT2D eigenvalue weighted by Gasteiger charge is 2.39. The smallest absolute Gasteiger partial charge is 0.409 e. The second kappa shape index (κ2) is 10.4. The minimum absolute atomic E-state index is 0.102.